The Bertz CT molecular complexity index is 949. The van der Waals surface area contributed by atoms with Gasteiger partial charge >= 0.3 is 0 Å². The molecule has 158 valence electrons. The number of fused-ring (bicyclic) bond motifs is 1. The zero-order valence-electron chi connectivity index (χ0n) is 16.9. The van der Waals surface area contributed by atoms with Crippen LogP contribution >= 0.6 is 11.3 Å². The maximum atomic E-state index is 13.9. The number of thiophene rings is 1. The number of amides is 2. The van der Waals surface area contributed by atoms with Gasteiger partial charge < -0.3 is 9.80 Å². The topological polar surface area (TPSA) is 43.9 Å². The summed E-state index contributed by atoms with van der Waals surface area (Å²) in [6.45, 7) is 3.54. The largest absolute Gasteiger partial charge is 0.339 e. The summed E-state index contributed by atoms with van der Waals surface area (Å²) in [5, 5.41) is 2.08. The lowest BCUT2D eigenvalue weighted by atomic mass is 9.93. The molecule has 2 aromatic rings. The molecule has 1 aromatic heterocycles. The first-order valence-electron chi connectivity index (χ1n) is 10.7. The number of benzene rings is 1. The minimum atomic E-state index is -0.252. The molecule has 0 bridgehead atoms. The van der Waals surface area contributed by atoms with E-state index in [9.17, 15) is 14.0 Å². The van der Waals surface area contributed by atoms with Gasteiger partial charge in [0.2, 0.25) is 11.8 Å². The standard InChI is InChI=1S/C23H26FN3O2S/c24-18-3-1-2-17(14-18)22-19-7-13-30-20(19)6-8-27(22)15-21(28)25-9-11-26(12-10-25)23(29)16-4-5-16/h1-3,7,13-14,16,22H,4-6,8-12,15H2. The first-order valence-corrected chi connectivity index (χ1v) is 11.6. The molecular formula is C23H26FN3O2S. The molecule has 30 heavy (non-hydrogen) atoms. The molecule has 1 saturated carbocycles. The summed E-state index contributed by atoms with van der Waals surface area (Å²) in [5.74, 6) is 0.327. The highest BCUT2D eigenvalue weighted by Gasteiger charge is 2.36. The summed E-state index contributed by atoms with van der Waals surface area (Å²) in [7, 11) is 0. The van der Waals surface area contributed by atoms with Gasteiger partial charge in [-0.25, -0.2) is 4.39 Å². The van der Waals surface area contributed by atoms with E-state index in [1.54, 1.807) is 23.5 Å². The summed E-state index contributed by atoms with van der Waals surface area (Å²) in [6, 6.07) is 8.73. The maximum Gasteiger partial charge on any atom is 0.236 e. The second-order valence-corrected chi connectivity index (χ2v) is 9.46. The van der Waals surface area contributed by atoms with Crippen molar-refractivity contribution in [3.8, 4) is 0 Å². The van der Waals surface area contributed by atoms with E-state index in [4.69, 9.17) is 0 Å². The summed E-state index contributed by atoms with van der Waals surface area (Å²) in [6.07, 6.45) is 2.94. The van der Waals surface area contributed by atoms with Crippen molar-refractivity contribution in [2.45, 2.75) is 25.3 Å². The Hall–Kier alpha value is -2.25. The predicted molar refractivity (Wildman–Crippen MR) is 114 cm³/mol. The van der Waals surface area contributed by atoms with Gasteiger partial charge in [-0.15, -0.1) is 11.3 Å². The third-order valence-corrected chi connectivity index (χ3v) is 7.44. The van der Waals surface area contributed by atoms with Gasteiger partial charge in [-0.05, 0) is 54.0 Å². The van der Waals surface area contributed by atoms with Crippen LogP contribution in [0.3, 0.4) is 0 Å². The van der Waals surface area contributed by atoms with Gasteiger partial charge in [-0.3, -0.25) is 14.5 Å². The summed E-state index contributed by atoms with van der Waals surface area (Å²) in [4.78, 5) is 32.6. The Labute approximate surface area is 180 Å². The minimum Gasteiger partial charge on any atom is -0.339 e. The lowest BCUT2D eigenvalue weighted by molar-refractivity contribution is -0.141. The third kappa shape index (κ3) is 3.88. The Kier molecular flexibility index (Phi) is 5.33. The molecule has 3 aliphatic rings. The van der Waals surface area contributed by atoms with Crippen LogP contribution in [0.4, 0.5) is 4.39 Å². The fraction of sp³-hybridized carbons (Fsp3) is 0.478. The highest BCUT2D eigenvalue weighted by molar-refractivity contribution is 7.10. The molecule has 0 N–H and O–H groups in total. The molecule has 1 saturated heterocycles. The Morgan fingerprint density at radius 1 is 1.03 bits per heavy atom. The molecule has 1 unspecified atom stereocenters. The van der Waals surface area contributed by atoms with E-state index in [1.807, 2.05) is 15.9 Å². The van der Waals surface area contributed by atoms with Crippen molar-refractivity contribution < 1.29 is 14.0 Å². The van der Waals surface area contributed by atoms with Crippen molar-refractivity contribution in [3.63, 3.8) is 0 Å². The zero-order valence-corrected chi connectivity index (χ0v) is 17.7. The normalized spacial score (nSPS) is 22.1. The van der Waals surface area contributed by atoms with Crippen LogP contribution in [0.15, 0.2) is 35.7 Å². The molecule has 2 aliphatic heterocycles. The second kappa shape index (κ2) is 8.12. The lowest BCUT2D eigenvalue weighted by Crippen LogP contribution is -2.53. The van der Waals surface area contributed by atoms with E-state index in [0.717, 1.165) is 31.4 Å². The zero-order chi connectivity index (χ0) is 20.7. The van der Waals surface area contributed by atoms with Crippen molar-refractivity contribution in [1.82, 2.24) is 14.7 Å². The van der Waals surface area contributed by atoms with E-state index in [0.29, 0.717) is 32.7 Å². The lowest BCUT2D eigenvalue weighted by Gasteiger charge is -2.39. The molecule has 0 spiro atoms. The van der Waals surface area contributed by atoms with E-state index in [-0.39, 0.29) is 29.6 Å². The van der Waals surface area contributed by atoms with Crippen LogP contribution in [0.2, 0.25) is 0 Å². The van der Waals surface area contributed by atoms with Crippen molar-refractivity contribution in [2.75, 3.05) is 39.3 Å². The number of hydrogen-bond donors (Lipinski definition) is 0. The molecule has 0 radical (unpaired) electrons. The van der Waals surface area contributed by atoms with Crippen LogP contribution in [0, 0.1) is 11.7 Å². The summed E-state index contributed by atoms with van der Waals surface area (Å²) in [5.41, 5.74) is 2.08. The van der Waals surface area contributed by atoms with Crippen molar-refractivity contribution >= 4 is 23.2 Å². The molecular weight excluding hydrogens is 401 g/mol. The van der Waals surface area contributed by atoms with Gasteiger partial charge in [0.25, 0.3) is 0 Å². The molecule has 5 nitrogen and oxygen atoms in total. The Morgan fingerprint density at radius 3 is 2.53 bits per heavy atom. The first kappa shape index (κ1) is 19.7. The number of hydrogen-bond acceptors (Lipinski definition) is 4. The van der Waals surface area contributed by atoms with Crippen LogP contribution in [0.25, 0.3) is 0 Å². The van der Waals surface area contributed by atoms with Gasteiger partial charge in [-0.1, -0.05) is 12.1 Å². The highest BCUT2D eigenvalue weighted by atomic mass is 32.1. The average molecular weight is 428 g/mol. The van der Waals surface area contributed by atoms with Crippen LogP contribution in [0.5, 0.6) is 0 Å². The van der Waals surface area contributed by atoms with E-state index in [1.165, 1.54) is 16.5 Å². The number of carbonyl (C=O) groups is 2. The van der Waals surface area contributed by atoms with Crippen molar-refractivity contribution in [2.24, 2.45) is 5.92 Å². The molecule has 5 rings (SSSR count). The number of rotatable bonds is 4. The van der Waals surface area contributed by atoms with Crippen LogP contribution in [0.1, 0.15) is 34.9 Å². The molecule has 1 aromatic carbocycles. The van der Waals surface area contributed by atoms with Crippen LogP contribution in [-0.4, -0.2) is 65.8 Å². The smallest absolute Gasteiger partial charge is 0.236 e. The Balaban J connectivity index is 1.28. The van der Waals surface area contributed by atoms with Gasteiger partial charge in [-0.2, -0.15) is 0 Å². The SMILES string of the molecule is O=C(CN1CCc2sccc2C1c1cccc(F)c1)N1CCN(C(=O)C2CC2)CC1. The number of carbonyl (C=O) groups excluding carboxylic acids is 2. The predicted octanol–water partition coefficient (Wildman–Crippen LogP) is 2.92. The molecule has 2 amide bonds. The summed E-state index contributed by atoms with van der Waals surface area (Å²) < 4.78 is 13.9. The molecule has 3 heterocycles. The molecule has 1 atom stereocenters. The van der Waals surface area contributed by atoms with E-state index in [2.05, 4.69) is 16.3 Å². The Morgan fingerprint density at radius 2 is 1.80 bits per heavy atom. The van der Waals surface area contributed by atoms with Gasteiger partial charge in [0.15, 0.2) is 0 Å². The van der Waals surface area contributed by atoms with E-state index >= 15 is 0 Å². The quantitative estimate of drug-likeness (QED) is 0.754. The van der Waals surface area contributed by atoms with Crippen molar-refractivity contribution in [1.29, 1.82) is 0 Å². The van der Waals surface area contributed by atoms with Crippen molar-refractivity contribution in [3.05, 3.63) is 57.5 Å². The fourth-order valence-electron chi connectivity index (χ4n) is 4.64. The highest BCUT2D eigenvalue weighted by Crippen LogP contribution is 2.38. The van der Waals surface area contributed by atoms with Gasteiger partial charge in [0.1, 0.15) is 5.82 Å². The maximum absolute atomic E-state index is 13.9. The number of piperazine rings is 1. The molecule has 1 aliphatic carbocycles. The van der Waals surface area contributed by atoms with Crippen LogP contribution in [-0.2, 0) is 16.0 Å². The monoisotopic (exact) mass is 427 g/mol. The minimum absolute atomic E-state index is 0.0913. The van der Waals surface area contributed by atoms with Crippen LogP contribution < -0.4 is 0 Å². The first-order chi connectivity index (χ1) is 14.6. The van der Waals surface area contributed by atoms with Gasteiger partial charge in [0.05, 0.1) is 12.6 Å². The molecule has 2 fully saturated rings. The second-order valence-electron chi connectivity index (χ2n) is 8.46. The third-order valence-electron chi connectivity index (χ3n) is 6.44. The number of halogens is 1. The number of nitrogens with zero attached hydrogens (tertiary/aromatic N) is 3. The van der Waals surface area contributed by atoms with Gasteiger partial charge in [0, 0.05) is 43.5 Å². The van der Waals surface area contributed by atoms with E-state index < -0.39 is 0 Å². The average Bonchev–Trinajstić information content (AvgIpc) is 3.50. The summed E-state index contributed by atoms with van der Waals surface area (Å²) >= 11 is 1.73. The fourth-order valence-corrected chi connectivity index (χ4v) is 5.55. The molecule has 7 heteroatoms.